The van der Waals surface area contributed by atoms with Crippen molar-refractivity contribution in [3.8, 4) is 6.07 Å². The van der Waals surface area contributed by atoms with E-state index in [-0.39, 0.29) is 17.1 Å². The minimum Gasteiger partial charge on any atom is -0.276 e. The second kappa shape index (κ2) is 5.86. The number of nitro benzene ring substituents is 1. The van der Waals surface area contributed by atoms with Crippen LogP contribution in [0.2, 0.25) is 5.02 Å². The molecule has 0 spiro atoms. The lowest BCUT2D eigenvalue weighted by Crippen LogP contribution is -2.26. The van der Waals surface area contributed by atoms with Crippen molar-refractivity contribution in [3.63, 3.8) is 0 Å². The van der Waals surface area contributed by atoms with E-state index in [1.165, 1.54) is 19.1 Å². The molecule has 1 unspecified atom stereocenters. The Labute approximate surface area is 115 Å². The molecule has 7 nitrogen and oxygen atoms in total. The summed E-state index contributed by atoms with van der Waals surface area (Å²) in [6.07, 6.45) is 0.0766. The van der Waals surface area contributed by atoms with Crippen LogP contribution in [-0.4, -0.2) is 18.6 Å². The number of benzene rings is 1. The highest BCUT2D eigenvalue weighted by atomic mass is 35.5. The molecule has 0 aromatic heterocycles. The van der Waals surface area contributed by atoms with Crippen molar-refractivity contribution >= 4 is 33.0 Å². The first-order chi connectivity index (χ1) is 8.81. The van der Waals surface area contributed by atoms with Gasteiger partial charge in [0.15, 0.2) is 5.25 Å². The van der Waals surface area contributed by atoms with Gasteiger partial charge in [0.1, 0.15) is 5.69 Å². The molecule has 0 amide bonds. The first kappa shape index (κ1) is 15.2. The molecule has 0 aliphatic carbocycles. The molecule has 0 fully saturated rings. The first-order valence-corrected chi connectivity index (χ1v) is 7.09. The van der Waals surface area contributed by atoms with Crippen molar-refractivity contribution in [2.45, 2.75) is 18.6 Å². The van der Waals surface area contributed by atoms with Crippen molar-refractivity contribution in [2.75, 3.05) is 4.72 Å². The molecule has 1 rings (SSSR count). The molecule has 1 aromatic carbocycles. The first-order valence-electron chi connectivity index (χ1n) is 5.17. The largest absolute Gasteiger partial charge is 0.294 e. The molecule has 9 heteroatoms. The van der Waals surface area contributed by atoms with Gasteiger partial charge in [0.2, 0.25) is 10.0 Å². The number of rotatable bonds is 5. The Morgan fingerprint density at radius 1 is 1.58 bits per heavy atom. The molecule has 1 atom stereocenters. The van der Waals surface area contributed by atoms with Crippen molar-refractivity contribution in [1.29, 1.82) is 5.26 Å². The third kappa shape index (κ3) is 3.56. The number of nitrogens with zero attached hydrogens (tertiary/aromatic N) is 2. The fourth-order valence-corrected chi connectivity index (χ4v) is 2.71. The molecule has 0 aliphatic heterocycles. The maximum Gasteiger partial charge on any atom is 0.294 e. The minimum atomic E-state index is -4.00. The molecule has 0 bridgehead atoms. The maximum atomic E-state index is 11.8. The lowest BCUT2D eigenvalue weighted by atomic mass is 10.3. The Balaban J connectivity index is 3.21. The summed E-state index contributed by atoms with van der Waals surface area (Å²) < 4.78 is 25.7. The van der Waals surface area contributed by atoms with E-state index in [4.69, 9.17) is 16.9 Å². The van der Waals surface area contributed by atoms with Gasteiger partial charge in [0.05, 0.1) is 11.0 Å². The van der Waals surface area contributed by atoms with E-state index < -0.39 is 25.9 Å². The summed E-state index contributed by atoms with van der Waals surface area (Å²) in [7, 11) is -4.00. The third-order valence-corrected chi connectivity index (χ3v) is 4.23. The highest BCUT2D eigenvalue weighted by Gasteiger charge is 2.26. The number of anilines is 1. The van der Waals surface area contributed by atoms with Gasteiger partial charge in [0, 0.05) is 11.1 Å². The zero-order chi connectivity index (χ0) is 14.6. The summed E-state index contributed by atoms with van der Waals surface area (Å²) in [5.41, 5.74) is -0.688. The van der Waals surface area contributed by atoms with Crippen molar-refractivity contribution in [1.82, 2.24) is 0 Å². The zero-order valence-corrected chi connectivity index (χ0v) is 11.4. The number of hydrogen-bond donors (Lipinski definition) is 1. The number of nitro groups is 1. The van der Waals surface area contributed by atoms with Gasteiger partial charge in [-0.05, 0) is 18.6 Å². The number of nitriles is 1. The van der Waals surface area contributed by atoms with Crippen molar-refractivity contribution < 1.29 is 13.3 Å². The maximum absolute atomic E-state index is 11.8. The summed E-state index contributed by atoms with van der Waals surface area (Å²) in [4.78, 5) is 10.1. The molecule has 0 radical (unpaired) electrons. The Kier molecular flexibility index (Phi) is 4.69. The summed E-state index contributed by atoms with van der Waals surface area (Å²) in [5.74, 6) is 0. The normalized spacial score (nSPS) is 12.5. The zero-order valence-electron chi connectivity index (χ0n) is 9.83. The van der Waals surface area contributed by atoms with E-state index >= 15 is 0 Å². The molecule has 0 saturated heterocycles. The molecule has 0 heterocycles. The summed E-state index contributed by atoms with van der Waals surface area (Å²) in [5, 5.41) is 18.4. The smallest absolute Gasteiger partial charge is 0.276 e. The van der Waals surface area contributed by atoms with E-state index in [0.717, 1.165) is 6.07 Å². The highest BCUT2D eigenvalue weighted by Crippen LogP contribution is 2.29. The summed E-state index contributed by atoms with van der Waals surface area (Å²) >= 11 is 5.62. The Morgan fingerprint density at radius 2 is 2.21 bits per heavy atom. The van der Waals surface area contributed by atoms with Gasteiger partial charge in [0.25, 0.3) is 5.69 Å². The van der Waals surface area contributed by atoms with Crippen LogP contribution >= 0.6 is 11.6 Å². The Hall–Kier alpha value is -1.85. The van der Waals surface area contributed by atoms with Gasteiger partial charge < -0.3 is 0 Å². The van der Waals surface area contributed by atoms with Crippen LogP contribution in [0.3, 0.4) is 0 Å². The van der Waals surface area contributed by atoms with Crippen LogP contribution in [0, 0.1) is 21.4 Å². The number of sulfonamides is 1. The molecule has 0 aliphatic rings. The molecule has 1 aromatic rings. The minimum absolute atomic E-state index is 0.0766. The number of halogens is 1. The fraction of sp³-hybridized carbons (Fsp3) is 0.300. The molecule has 102 valence electrons. The van der Waals surface area contributed by atoms with Crippen LogP contribution in [0.5, 0.6) is 0 Å². The number of hydrogen-bond acceptors (Lipinski definition) is 5. The number of nitrogens with one attached hydrogen (secondary N) is 1. The SMILES string of the molecule is CCC(C#N)S(=O)(=O)Nc1ccc(Cl)cc1[N+](=O)[O-]. The predicted molar refractivity (Wildman–Crippen MR) is 70.3 cm³/mol. The lowest BCUT2D eigenvalue weighted by molar-refractivity contribution is -0.383. The molecular formula is C10H10ClN3O4S. The third-order valence-electron chi connectivity index (χ3n) is 2.30. The fourth-order valence-electron chi connectivity index (χ4n) is 1.35. The lowest BCUT2D eigenvalue weighted by Gasteiger charge is -2.11. The van der Waals surface area contributed by atoms with Crippen LogP contribution in [0.25, 0.3) is 0 Å². The average molecular weight is 304 g/mol. The van der Waals surface area contributed by atoms with Crippen LogP contribution in [0.1, 0.15) is 13.3 Å². The van der Waals surface area contributed by atoms with Gasteiger partial charge in [-0.1, -0.05) is 18.5 Å². The van der Waals surface area contributed by atoms with Crippen LogP contribution < -0.4 is 4.72 Å². The van der Waals surface area contributed by atoms with Crippen molar-refractivity contribution in [3.05, 3.63) is 33.3 Å². The predicted octanol–water partition coefficient (Wildman–Crippen LogP) is 2.29. The highest BCUT2D eigenvalue weighted by molar-refractivity contribution is 7.93. The van der Waals surface area contributed by atoms with Crippen LogP contribution in [0.15, 0.2) is 18.2 Å². The van der Waals surface area contributed by atoms with Gasteiger partial charge in [-0.15, -0.1) is 0 Å². The van der Waals surface area contributed by atoms with Gasteiger partial charge >= 0.3 is 0 Å². The van der Waals surface area contributed by atoms with Gasteiger partial charge in [-0.2, -0.15) is 5.26 Å². The van der Waals surface area contributed by atoms with Gasteiger partial charge in [-0.25, -0.2) is 8.42 Å². The second-order valence-corrected chi connectivity index (χ2v) is 5.89. The summed E-state index contributed by atoms with van der Waals surface area (Å²) in [6, 6.07) is 5.16. The van der Waals surface area contributed by atoms with Crippen LogP contribution in [0.4, 0.5) is 11.4 Å². The van der Waals surface area contributed by atoms with E-state index in [1.807, 2.05) is 4.72 Å². The van der Waals surface area contributed by atoms with E-state index in [2.05, 4.69) is 0 Å². The second-order valence-electron chi connectivity index (χ2n) is 3.59. The van der Waals surface area contributed by atoms with Crippen molar-refractivity contribution in [2.24, 2.45) is 0 Å². The molecule has 1 N–H and O–H groups in total. The molecule has 0 saturated carbocycles. The summed E-state index contributed by atoms with van der Waals surface area (Å²) in [6.45, 7) is 1.53. The van der Waals surface area contributed by atoms with E-state index in [1.54, 1.807) is 6.07 Å². The van der Waals surface area contributed by atoms with E-state index in [9.17, 15) is 18.5 Å². The standard InChI is InChI=1S/C10H10ClN3O4S/c1-2-8(6-12)19(17,18)13-9-4-3-7(11)5-10(9)14(15)16/h3-5,8,13H,2H2,1H3. The quantitative estimate of drug-likeness (QED) is 0.662. The van der Waals surface area contributed by atoms with Gasteiger partial charge in [-0.3, -0.25) is 14.8 Å². The monoisotopic (exact) mass is 303 g/mol. The average Bonchev–Trinajstić information content (AvgIpc) is 2.32. The Morgan fingerprint density at radius 3 is 2.68 bits per heavy atom. The molecular weight excluding hydrogens is 294 g/mol. The molecule has 19 heavy (non-hydrogen) atoms. The Bertz CT molecular complexity index is 639. The van der Waals surface area contributed by atoms with E-state index in [0.29, 0.717) is 0 Å². The topological polar surface area (TPSA) is 113 Å². The van der Waals surface area contributed by atoms with Crippen LogP contribution in [-0.2, 0) is 10.0 Å².